The standard InChI is InChI=1S/C23H42O9/c1-20(2,3)30-17(24)11-27-14-23(10,15-28-12-18(25)31-21(4,5)6)16-29-13-19(26)32-22(7,8)9/h11-16H2,1-10H3. The molecule has 0 aromatic heterocycles. The highest BCUT2D eigenvalue weighted by Gasteiger charge is 2.29. The van der Waals surface area contributed by atoms with Gasteiger partial charge in [-0.3, -0.25) is 0 Å². The molecule has 0 heterocycles. The van der Waals surface area contributed by atoms with Crippen molar-refractivity contribution in [1.82, 2.24) is 0 Å². The summed E-state index contributed by atoms with van der Waals surface area (Å²) in [6, 6.07) is 0. The zero-order valence-corrected chi connectivity index (χ0v) is 21.4. The van der Waals surface area contributed by atoms with Crippen LogP contribution < -0.4 is 0 Å². The molecule has 32 heavy (non-hydrogen) atoms. The largest absolute Gasteiger partial charge is 0.458 e. The summed E-state index contributed by atoms with van der Waals surface area (Å²) >= 11 is 0. The minimum atomic E-state index is -0.744. The number of carbonyl (C=O) groups is 3. The Hall–Kier alpha value is -1.71. The Balaban J connectivity index is 4.79. The molecule has 0 bridgehead atoms. The van der Waals surface area contributed by atoms with Crippen molar-refractivity contribution in [2.24, 2.45) is 5.41 Å². The van der Waals surface area contributed by atoms with Crippen LogP contribution in [0.3, 0.4) is 0 Å². The molecule has 0 atom stereocenters. The van der Waals surface area contributed by atoms with E-state index in [0.717, 1.165) is 0 Å². The summed E-state index contributed by atoms with van der Waals surface area (Å²) in [5, 5.41) is 0. The Morgan fingerprint density at radius 3 is 0.875 bits per heavy atom. The van der Waals surface area contributed by atoms with E-state index in [2.05, 4.69) is 0 Å². The molecule has 0 spiro atoms. The van der Waals surface area contributed by atoms with Crippen molar-refractivity contribution in [3.05, 3.63) is 0 Å². The van der Waals surface area contributed by atoms with E-state index in [4.69, 9.17) is 28.4 Å². The zero-order valence-electron chi connectivity index (χ0n) is 21.4. The minimum Gasteiger partial charge on any atom is -0.458 e. The second kappa shape index (κ2) is 12.5. The Morgan fingerprint density at radius 2 is 0.688 bits per heavy atom. The van der Waals surface area contributed by atoms with E-state index in [0.29, 0.717) is 0 Å². The summed E-state index contributed by atoms with van der Waals surface area (Å²) in [6.45, 7) is 17.2. The SMILES string of the molecule is CC(COCC(=O)OC(C)(C)C)(COCC(=O)OC(C)(C)C)COCC(=O)OC(C)(C)C. The van der Waals surface area contributed by atoms with E-state index in [9.17, 15) is 14.4 Å². The summed E-state index contributed by atoms with van der Waals surface area (Å²) in [7, 11) is 0. The van der Waals surface area contributed by atoms with Crippen LogP contribution in [0.25, 0.3) is 0 Å². The quantitative estimate of drug-likeness (QED) is 0.319. The minimum absolute atomic E-state index is 0.0783. The lowest BCUT2D eigenvalue weighted by Gasteiger charge is -2.29. The molecule has 0 aliphatic heterocycles. The van der Waals surface area contributed by atoms with Crippen molar-refractivity contribution in [1.29, 1.82) is 0 Å². The number of hydrogen-bond acceptors (Lipinski definition) is 9. The fourth-order valence-electron chi connectivity index (χ4n) is 2.38. The van der Waals surface area contributed by atoms with Crippen molar-refractivity contribution in [2.45, 2.75) is 86.0 Å². The van der Waals surface area contributed by atoms with Crippen LogP contribution in [0.15, 0.2) is 0 Å². The third-order valence-electron chi connectivity index (χ3n) is 3.27. The molecule has 0 N–H and O–H groups in total. The maximum absolute atomic E-state index is 11.9. The van der Waals surface area contributed by atoms with Gasteiger partial charge in [0.15, 0.2) is 0 Å². The molecule has 0 saturated heterocycles. The smallest absolute Gasteiger partial charge is 0.332 e. The first-order valence-corrected chi connectivity index (χ1v) is 10.7. The molecule has 0 amide bonds. The van der Waals surface area contributed by atoms with E-state index in [-0.39, 0.29) is 39.6 Å². The van der Waals surface area contributed by atoms with Gasteiger partial charge < -0.3 is 28.4 Å². The molecule has 0 rings (SSSR count). The van der Waals surface area contributed by atoms with E-state index in [1.54, 1.807) is 69.2 Å². The Morgan fingerprint density at radius 1 is 0.469 bits per heavy atom. The maximum Gasteiger partial charge on any atom is 0.332 e. The third-order valence-corrected chi connectivity index (χ3v) is 3.27. The van der Waals surface area contributed by atoms with Crippen LogP contribution in [-0.2, 0) is 42.8 Å². The molecule has 0 aliphatic rings. The van der Waals surface area contributed by atoms with Gasteiger partial charge in [-0.1, -0.05) is 6.92 Å². The summed E-state index contributed by atoms with van der Waals surface area (Å²) < 4.78 is 32.2. The van der Waals surface area contributed by atoms with Gasteiger partial charge in [-0.2, -0.15) is 0 Å². The van der Waals surface area contributed by atoms with Crippen LogP contribution in [0, 0.1) is 5.41 Å². The van der Waals surface area contributed by atoms with Crippen LogP contribution in [0.4, 0.5) is 0 Å². The van der Waals surface area contributed by atoms with Gasteiger partial charge in [0.2, 0.25) is 0 Å². The normalized spacial score (nSPS) is 12.9. The third kappa shape index (κ3) is 17.9. The summed E-state index contributed by atoms with van der Waals surface area (Å²) in [5.74, 6) is -1.49. The van der Waals surface area contributed by atoms with Crippen molar-refractivity contribution in [2.75, 3.05) is 39.6 Å². The molecule has 0 radical (unpaired) electrons. The predicted octanol–water partition coefficient (Wildman–Crippen LogP) is 3.07. The average molecular weight is 463 g/mol. The van der Waals surface area contributed by atoms with Crippen molar-refractivity contribution in [3.63, 3.8) is 0 Å². The molecule has 9 nitrogen and oxygen atoms in total. The molecule has 0 aliphatic carbocycles. The molecule has 0 fully saturated rings. The molecule has 9 heteroatoms. The summed E-state index contributed by atoms with van der Waals surface area (Å²) in [4.78, 5) is 35.7. The first kappa shape index (κ1) is 30.3. The average Bonchev–Trinajstić information content (AvgIpc) is 2.49. The topological polar surface area (TPSA) is 107 Å². The molecular formula is C23H42O9. The highest BCUT2D eigenvalue weighted by molar-refractivity contribution is 5.71. The van der Waals surface area contributed by atoms with Crippen molar-refractivity contribution >= 4 is 17.9 Å². The molecular weight excluding hydrogens is 420 g/mol. The van der Waals surface area contributed by atoms with Gasteiger partial charge in [0.25, 0.3) is 0 Å². The number of rotatable bonds is 12. The van der Waals surface area contributed by atoms with Crippen molar-refractivity contribution < 1.29 is 42.8 Å². The molecule has 0 aromatic rings. The number of esters is 3. The Bertz CT molecular complexity index is 523. The Kier molecular flexibility index (Phi) is 11.8. The van der Waals surface area contributed by atoms with Crippen LogP contribution in [0.1, 0.15) is 69.2 Å². The fraction of sp³-hybridized carbons (Fsp3) is 0.870. The molecule has 0 saturated carbocycles. The van der Waals surface area contributed by atoms with Gasteiger partial charge in [0.1, 0.15) is 36.6 Å². The lowest BCUT2D eigenvalue weighted by molar-refractivity contribution is -0.166. The van der Waals surface area contributed by atoms with Gasteiger partial charge in [-0.05, 0) is 62.3 Å². The van der Waals surface area contributed by atoms with E-state index < -0.39 is 40.1 Å². The lowest BCUT2D eigenvalue weighted by atomic mass is 9.94. The maximum atomic E-state index is 11.9. The first-order valence-electron chi connectivity index (χ1n) is 10.7. The van der Waals surface area contributed by atoms with Gasteiger partial charge >= 0.3 is 17.9 Å². The van der Waals surface area contributed by atoms with Gasteiger partial charge in [0.05, 0.1) is 19.8 Å². The highest BCUT2D eigenvalue weighted by atomic mass is 16.6. The van der Waals surface area contributed by atoms with Gasteiger partial charge in [-0.25, -0.2) is 14.4 Å². The number of hydrogen-bond donors (Lipinski definition) is 0. The molecule has 0 unspecified atom stereocenters. The van der Waals surface area contributed by atoms with Gasteiger partial charge in [0, 0.05) is 5.41 Å². The van der Waals surface area contributed by atoms with Crippen LogP contribution in [-0.4, -0.2) is 74.4 Å². The van der Waals surface area contributed by atoms with Crippen molar-refractivity contribution in [3.8, 4) is 0 Å². The summed E-state index contributed by atoms with van der Waals surface area (Å²) in [5.41, 5.74) is -2.59. The van der Waals surface area contributed by atoms with Crippen LogP contribution >= 0.6 is 0 Å². The second-order valence-electron chi connectivity index (χ2n) is 11.0. The number of carbonyl (C=O) groups excluding carboxylic acids is 3. The zero-order chi connectivity index (χ0) is 25.2. The van der Waals surface area contributed by atoms with Crippen LogP contribution in [0.2, 0.25) is 0 Å². The monoisotopic (exact) mass is 462 g/mol. The highest BCUT2D eigenvalue weighted by Crippen LogP contribution is 2.19. The Labute approximate surface area is 192 Å². The number of ether oxygens (including phenoxy) is 6. The van der Waals surface area contributed by atoms with Gasteiger partial charge in [-0.15, -0.1) is 0 Å². The molecule has 188 valence electrons. The molecule has 0 aromatic carbocycles. The van der Waals surface area contributed by atoms with E-state index >= 15 is 0 Å². The second-order valence-corrected chi connectivity index (χ2v) is 11.0. The summed E-state index contributed by atoms with van der Waals surface area (Å²) in [6.07, 6.45) is 0. The fourth-order valence-corrected chi connectivity index (χ4v) is 2.38. The predicted molar refractivity (Wildman–Crippen MR) is 118 cm³/mol. The first-order chi connectivity index (χ1) is 14.3. The van der Waals surface area contributed by atoms with E-state index in [1.807, 2.05) is 0 Å². The lowest BCUT2D eigenvalue weighted by Crippen LogP contribution is -2.38. The van der Waals surface area contributed by atoms with Crippen LogP contribution in [0.5, 0.6) is 0 Å². The van der Waals surface area contributed by atoms with E-state index in [1.165, 1.54) is 0 Å².